The van der Waals surface area contributed by atoms with Gasteiger partial charge in [0.15, 0.2) is 18.2 Å². The molecule has 4 aromatic rings. The predicted octanol–water partition coefficient (Wildman–Crippen LogP) is 5.74. The molecule has 0 saturated carbocycles. The monoisotopic (exact) mass is 652 g/mol. The number of fused-ring (bicyclic) bond motifs is 5. The number of rotatable bonds is 7. The quantitative estimate of drug-likeness (QED) is 0.199. The van der Waals surface area contributed by atoms with Gasteiger partial charge < -0.3 is 19.9 Å². The van der Waals surface area contributed by atoms with Gasteiger partial charge in [0, 0.05) is 42.7 Å². The molecule has 0 aliphatic carbocycles. The molecule has 0 amide bonds. The van der Waals surface area contributed by atoms with Crippen LogP contribution in [-0.4, -0.2) is 77.3 Å². The zero-order valence-electron chi connectivity index (χ0n) is 23.8. The Balaban J connectivity index is 1.43. The summed E-state index contributed by atoms with van der Waals surface area (Å²) in [6.45, 7) is -1.04. The fourth-order valence-corrected chi connectivity index (χ4v) is 7.69. The van der Waals surface area contributed by atoms with Crippen molar-refractivity contribution in [3.63, 3.8) is 0 Å². The molecule has 0 unspecified atom stereocenters. The lowest BCUT2D eigenvalue weighted by molar-refractivity contribution is -0.153. The minimum Gasteiger partial charge on any atom is -0.467 e. The second-order valence-corrected chi connectivity index (χ2v) is 12.4. The molecule has 2 N–H and O–H groups in total. The Kier molecular flexibility index (Phi) is 7.28. The van der Waals surface area contributed by atoms with E-state index in [9.17, 15) is 22.0 Å². The van der Waals surface area contributed by atoms with Crippen LogP contribution in [0.5, 0.6) is 11.9 Å². The molecule has 45 heavy (non-hydrogen) atoms. The molecule has 2 fully saturated rings. The molecule has 16 heteroatoms. The number of aliphatic imine (C=N–C) groups is 1. The van der Waals surface area contributed by atoms with Gasteiger partial charge in [0.25, 0.3) is 0 Å². The van der Waals surface area contributed by atoms with Crippen molar-refractivity contribution in [2.45, 2.75) is 50.4 Å². The number of ether oxygens (including phenoxy) is 3. The van der Waals surface area contributed by atoms with E-state index in [0.717, 1.165) is 24.0 Å². The van der Waals surface area contributed by atoms with Crippen molar-refractivity contribution in [2.24, 2.45) is 4.99 Å². The molecule has 3 aliphatic rings. The Bertz CT molecular complexity index is 1870. The lowest BCUT2D eigenvalue weighted by Crippen LogP contribution is -2.43. The maximum absolute atomic E-state index is 16.9. The van der Waals surface area contributed by atoms with Crippen molar-refractivity contribution in [2.75, 3.05) is 39.1 Å². The maximum Gasteiger partial charge on any atom is 0.422 e. The largest absolute Gasteiger partial charge is 0.467 e. The van der Waals surface area contributed by atoms with Gasteiger partial charge in [-0.15, -0.1) is 11.3 Å². The van der Waals surface area contributed by atoms with Gasteiger partial charge in [0.2, 0.25) is 5.88 Å². The van der Waals surface area contributed by atoms with Gasteiger partial charge in [-0.05, 0) is 30.5 Å². The van der Waals surface area contributed by atoms with E-state index in [4.69, 9.17) is 19.9 Å². The van der Waals surface area contributed by atoms with Gasteiger partial charge in [-0.3, -0.25) is 14.9 Å². The van der Waals surface area contributed by atoms with E-state index in [2.05, 4.69) is 19.9 Å². The Hall–Kier alpha value is -3.76. The number of hydrogen-bond donors (Lipinski definition) is 1. The highest BCUT2D eigenvalue weighted by atomic mass is 32.1. The molecule has 0 spiro atoms. The van der Waals surface area contributed by atoms with Crippen LogP contribution in [0.4, 0.5) is 31.3 Å². The number of nitrogen functional groups attached to an aromatic ring is 1. The molecule has 2 saturated heterocycles. The van der Waals surface area contributed by atoms with Gasteiger partial charge >= 0.3 is 12.2 Å². The summed E-state index contributed by atoms with van der Waals surface area (Å²) in [7, 11) is 1.50. The van der Waals surface area contributed by atoms with Gasteiger partial charge in [0.05, 0.1) is 45.7 Å². The highest BCUT2D eigenvalue weighted by Gasteiger charge is 2.49. The summed E-state index contributed by atoms with van der Waals surface area (Å²) in [5.41, 5.74) is 6.04. The van der Waals surface area contributed by atoms with Crippen molar-refractivity contribution < 1.29 is 40.6 Å². The molecule has 6 heterocycles. The second kappa shape index (κ2) is 10.9. The average molecular weight is 653 g/mol. The number of nitrogens with zero attached hydrogens (tertiary/aromatic N) is 5. The Morgan fingerprint density at radius 3 is 2.78 bits per heavy atom. The molecular weight excluding hydrogens is 626 g/mol. The van der Waals surface area contributed by atoms with Crippen LogP contribution < -0.4 is 15.2 Å². The number of aromatic nitrogens is 3. The standard InChI is InChI=1S/C29H26F6N6O3S/c1-37-6-14-19-22(38-7-17(31)24(19)45-25(14)36)18-15-9-42-10-16(15)20-23(21(18)32)39-27(40-26(20)43-12-29(33,34)35)44-11-28-3-2-4-41(28)8-13(30)5-28/h6-7,13H,2-5,8-12,36H2,1H3/t13-,28+/m1/s1. The number of thiophene rings is 1. The smallest absolute Gasteiger partial charge is 0.422 e. The molecule has 1 aromatic carbocycles. The van der Waals surface area contributed by atoms with Crippen molar-refractivity contribution >= 4 is 43.5 Å². The highest BCUT2D eigenvalue weighted by Crippen LogP contribution is 2.47. The number of anilines is 1. The van der Waals surface area contributed by atoms with Crippen LogP contribution in [0.2, 0.25) is 0 Å². The minimum absolute atomic E-state index is 0.0367. The van der Waals surface area contributed by atoms with Gasteiger partial charge in [0.1, 0.15) is 18.3 Å². The van der Waals surface area contributed by atoms with Crippen molar-refractivity contribution in [1.29, 1.82) is 0 Å². The molecule has 3 aliphatic heterocycles. The molecule has 7 rings (SSSR count). The summed E-state index contributed by atoms with van der Waals surface area (Å²) in [6, 6.07) is -0.428. The number of hydrogen-bond acceptors (Lipinski definition) is 10. The summed E-state index contributed by atoms with van der Waals surface area (Å²) < 4.78 is 103. The summed E-state index contributed by atoms with van der Waals surface area (Å²) in [5.74, 6) is -2.17. The van der Waals surface area contributed by atoms with Crippen LogP contribution in [0.1, 0.15) is 36.0 Å². The topological polar surface area (TPSA) is 108 Å². The highest BCUT2D eigenvalue weighted by molar-refractivity contribution is 7.23. The lowest BCUT2D eigenvalue weighted by atomic mass is 9.93. The first-order valence-corrected chi connectivity index (χ1v) is 14.9. The van der Waals surface area contributed by atoms with Crippen LogP contribution in [0.3, 0.4) is 0 Å². The zero-order chi connectivity index (χ0) is 31.7. The molecular formula is C29H26F6N6O3S. The van der Waals surface area contributed by atoms with E-state index in [0.29, 0.717) is 24.1 Å². The molecule has 238 valence electrons. The van der Waals surface area contributed by atoms with E-state index >= 15 is 4.39 Å². The Labute approximate surface area is 256 Å². The van der Waals surface area contributed by atoms with Crippen LogP contribution in [0.25, 0.3) is 32.2 Å². The van der Waals surface area contributed by atoms with Crippen LogP contribution in [0, 0.1) is 11.6 Å². The molecule has 0 bridgehead atoms. The summed E-state index contributed by atoms with van der Waals surface area (Å²) >= 11 is 0.951. The second-order valence-electron chi connectivity index (χ2n) is 11.4. The minimum atomic E-state index is -4.72. The fraction of sp³-hybridized carbons (Fsp3) is 0.448. The van der Waals surface area contributed by atoms with E-state index in [1.54, 1.807) is 0 Å². The molecule has 2 atom stereocenters. The number of benzene rings is 1. The fourth-order valence-electron chi connectivity index (χ4n) is 6.75. The summed E-state index contributed by atoms with van der Waals surface area (Å²) in [6.07, 6.45) is -1.70. The van der Waals surface area contributed by atoms with Crippen molar-refractivity contribution in [3.8, 4) is 23.1 Å². The number of halogens is 6. The van der Waals surface area contributed by atoms with Crippen LogP contribution in [0.15, 0.2) is 11.2 Å². The Morgan fingerprint density at radius 2 is 2.00 bits per heavy atom. The average Bonchev–Trinajstić information content (AvgIpc) is 3.75. The third-order valence-corrected chi connectivity index (χ3v) is 9.62. The van der Waals surface area contributed by atoms with Gasteiger partial charge in [-0.25, -0.2) is 13.2 Å². The van der Waals surface area contributed by atoms with E-state index in [-0.39, 0.29) is 75.6 Å². The SMILES string of the molecule is CN=Cc1c(N)sc2c(F)cnc(-c3c4c(c5c(OCC(F)(F)F)nc(OC[C@@]67CCCN6C[C@H](F)C7)nc5c3F)COC4)c12. The zero-order valence-corrected chi connectivity index (χ0v) is 24.6. The normalized spacial score (nSPS) is 21.8. The van der Waals surface area contributed by atoms with Gasteiger partial charge in [-0.1, -0.05) is 0 Å². The van der Waals surface area contributed by atoms with E-state index in [1.807, 2.05) is 4.90 Å². The third-order valence-electron chi connectivity index (χ3n) is 8.58. The first-order chi connectivity index (χ1) is 21.5. The first kappa shape index (κ1) is 29.9. The number of nitrogens with two attached hydrogens (primary N) is 1. The van der Waals surface area contributed by atoms with Crippen LogP contribution >= 0.6 is 11.3 Å². The maximum atomic E-state index is 16.9. The molecule has 9 nitrogen and oxygen atoms in total. The third kappa shape index (κ3) is 5.02. The molecule has 3 aromatic heterocycles. The van der Waals surface area contributed by atoms with E-state index < -0.39 is 48.0 Å². The number of alkyl halides is 4. The van der Waals surface area contributed by atoms with E-state index in [1.165, 1.54) is 13.3 Å². The lowest BCUT2D eigenvalue weighted by Gasteiger charge is -2.30. The molecule has 0 radical (unpaired) electrons. The predicted molar refractivity (Wildman–Crippen MR) is 155 cm³/mol. The summed E-state index contributed by atoms with van der Waals surface area (Å²) in [5, 5.41) is 0.350. The van der Waals surface area contributed by atoms with Crippen molar-refractivity contribution in [1.82, 2.24) is 19.9 Å². The summed E-state index contributed by atoms with van der Waals surface area (Å²) in [4.78, 5) is 18.7. The van der Waals surface area contributed by atoms with Crippen molar-refractivity contribution in [3.05, 3.63) is 34.5 Å². The van der Waals surface area contributed by atoms with Crippen LogP contribution in [-0.2, 0) is 18.0 Å². The Morgan fingerprint density at radius 1 is 1.20 bits per heavy atom. The first-order valence-electron chi connectivity index (χ1n) is 14.1. The number of pyridine rings is 1. The van der Waals surface area contributed by atoms with Gasteiger partial charge in [-0.2, -0.15) is 23.1 Å².